The average Bonchev–Trinajstić information content (AvgIpc) is 3.32. The average molecular weight is 488 g/mol. The Kier molecular flexibility index (Phi) is 5.10. The summed E-state index contributed by atoms with van der Waals surface area (Å²) in [5.41, 5.74) is 6.37. The lowest BCUT2D eigenvalue weighted by Gasteiger charge is -2.26. The molecule has 32 heavy (non-hydrogen) atoms. The Morgan fingerprint density at radius 1 is 1.06 bits per heavy atom. The first-order chi connectivity index (χ1) is 15.4. The number of amides is 1. The molecule has 1 unspecified atom stereocenters. The van der Waals surface area contributed by atoms with Gasteiger partial charge in [0, 0.05) is 22.1 Å². The van der Waals surface area contributed by atoms with Crippen LogP contribution in [0.2, 0.25) is 0 Å². The molecule has 0 spiro atoms. The Bertz CT molecular complexity index is 1310. The number of phenolic OH excluding ortho intramolecular Hbond substituents is 1. The van der Waals surface area contributed by atoms with E-state index in [0.29, 0.717) is 23.5 Å². The number of halogens is 1. The number of aryl methyl sites for hydroxylation is 2. The molecular formula is C26H22BrN3O2. The Morgan fingerprint density at radius 3 is 2.50 bits per heavy atom. The fraction of sp³-hybridized carbons (Fsp3) is 0.154. The summed E-state index contributed by atoms with van der Waals surface area (Å²) in [7, 11) is 0. The Morgan fingerprint density at radius 2 is 1.78 bits per heavy atom. The molecule has 1 aliphatic rings. The summed E-state index contributed by atoms with van der Waals surface area (Å²) >= 11 is 3.50. The highest BCUT2D eigenvalue weighted by Crippen LogP contribution is 2.45. The number of fused-ring (bicyclic) bond motifs is 1. The van der Waals surface area contributed by atoms with Crippen LogP contribution in [-0.2, 0) is 6.54 Å². The van der Waals surface area contributed by atoms with Gasteiger partial charge in [0.1, 0.15) is 17.1 Å². The molecule has 0 saturated carbocycles. The lowest BCUT2D eigenvalue weighted by atomic mass is 9.94. The van der Waals surface area contributed by atoms with Crippen LogP contribution >= 0.6 is 15.9 Å². The number of carbonyl (C=O) groups excluding carboxylic acids is 1. The van der Waals surface area contributed by atoms with Crippen molar-refractivity contribution in [3.63, 3.8) is 0 Å². The number of aromatic nitrogens is 2. The molecule has 2 N–H and O–H groups in total. The van der Waals surface area contributed by atoms with Crippen molar-refractivity contribution < 1.29 is 9.90 Å². The summed E-state index contributed by atoms with van der Waals surface area (Å²) in [5, 5.41) is 18.3. The van der Waals surface area contributed by atoms with E-state index in [1.807, 2.05) is 85.5 Å². The first-order valence-electron chi connectivity index (χ1n) is 10.4. The van der Waals surface area contributed by atoms with Gasteiger partial charge in [-0.15, -0.1) is 0 Å². The smallest absolute Gasteiger partial charge is 0.273 e. The number of aromatic hydroxyl groups is 1. The van der Waals surface area contributed by atoms with E-state index in [4.69, 9.17) is 0 Å². The van der Waals surface area contributed by atoms with Crippen LogP contribution in [0.4, 0.5) is 0 Å². The summed E-state index contributed by atoms with van der Waals surface area (Å²) in [6.45, 7) is 4.33. The number of phenols is 1. The summed E-state index contributed by atoms with van der Waals surface area (Å²) in [4.78, 5) is 15.4. The third-order valence-electron chi connectivity index (χ3n) is 5.95. The molecule has 0 bridgehead atoms. The number of H-pyrrole nitrogens is 1. The van der Waals surface area contributed by atoms with Gasteiger partial charge in [0.05, 0.1) is 6.04 Å². The molecule has 0 aliphatic carbocycles. The van der Waals surface area contributed by atoms with Gasteiger partial charge in [-0.2, -0.15) is 5.10 Å². The maximum Gasteiger partial charge on any atom is 0.273 e. The molecule has 160 valence electrons. The standard InChI is InChI=1S/C26H22BrN3O2/c1-15-12-16(2)25(31)20(13-15)22-21-23(29-28-22)26(32)30(14-17-6-4-3-5-7-17)24(21)18-8-10-19(27)11-9-18/h3-13,24,31H,14H2,1-2H3,(H,28,29). The minimum Gasteiger partial charge on any atom is -0.507 e. The van der Waals surface area contributed by atoms with Gasteiger partial charge < -0.3 is 10.0 Å². The van der Waals surface area contributed by atoms with Gasteiger partial charge in [0.25, 0.3) is 5.91 Å². The maximum atomic E-state index is 13.5. The van der Waals surface area contributed by atoms with Crippen molar-refractivity contribution >= 4 is 21.8 Å². The molecule has 2 heterocycles. The minimum absolute atomic E-state index is 0.0978. The topological polar surface area (TPSA) is 69.2 Å². The van der Waals surface area contributed by atoms with Crippen molar-refractivity contribution in [1.82, 2.24) is 15.1 Å². The number of aromatic amines is 1. The predicted octanol–water partition coefficient (Wildman–Crippen LogP) is 5.91. The van der Waals surface area contributed by atoms with E-state index in [1.54, 1.807) is 0 Å². The number of hydrogen-bond acceptors (Lipinski definition) is 3. The van der Waals surface area contributed by atoms with Crippen LogP contribution in [0.15, 0.2) is 71.2 Å². The van der Waals surface area contributed by atoms with Crippen LogP contribution in [0.25, 0.3) is 11.3 Å². The van der Waals surface area contributed by atoms with Crippen molar-refractivity contribution in [3.05, 3.63) is 105 Å². The fourth-order valence-corrected chi connectivity index (χ4v) is 4.74. The largest absolute Gasteiger partial charge is 0.507 e. The maximum absolute atomic E-state index is 13.5. The molecule has 0 radical (unpaired) electrons. The minimum atomic E-state index is -0.320. The Hall–Kier alpha value is -3.38. The zero-order chi connectivity index (χ0) is 22.4. The summed E-state index contributed by atoms with van der Waals surface area (Å²) in [5.74, 6) is 0.0906. The van der Waals surface area contributed by atoms with Crippen molar-refractivity contribution in [2.45, 2.75) is 26.4 Å². The van der Waals surface area contributed by atoms with Crippen LogP contribution in [0, 0.1) is 13.8 Å². The van der Waals surface area contributed by atoms with E-state index in [-0.39, 0.29) is 17.7 Å². The summed E-state index contributed by atoms with van der Waals surface area (Å²) < 4.78 is 0.972. The lowest BCUT2D eigenvalue weighted by Crippen LogP contribution is -2.29. The molecule has 5 nitrogen and oxygen atoms in total. The van der Waals surface area contributed by atoms with Crippen molar-refractivity contribution in [1.29, 1.82) is 0 Å². The Balaban J connectivity index is 1.69. The van der Waals surface area contributed by atoms with Gasteiger partial charge in [-0.05, 0) is 54.3 Å². The molecule has 1 aliphatic heterocycles. The second-order valence-corrected chi connectivity index (χ2v) is 9.13. The predicted molar refractivity (Wildman–Crippen MR) is 127 cm³/mol. The number of rotatable bonds is 4. The van der Waals surface area contributed by atoms with Crippen LogP contribution in [-0.4, -0.2) is 26.1 Å². The van der Waals surface area contributed by atoms with Gasteiger partial charge in [-0.3, -0.25) is 9.89 Å². The van der Waals surface area contributed by atoms with Gasteiger partial charge in [0.15, 0.2) is 0 Å². The molecule has 6 heteroatoms. The molecule has 1 amide bonds. The van der Waals surface area contributed by atoms with Crippen molar-refractivity contribution in [3.8, 4) is 17.0 Å². The third kappa shape index (κ3) is 3.41. The van der Waals surface area contributed by atoms with E-state index >= 15 is 0 Å². The van der Waals surface area contributed by atoms with E-state index < -0.39 is 0 Å². The van der Waals surface area contributed by atoms with Crippen molar-refractivity contribution in [2.75, 3.05) is 0 Å². The number of hydrogen-bond donors (Lipinski definition) is 2. The molecular weight excluding hydrogens is 466 g/mol. The number of nitrogens with one attached hydrogen (secondary N) is 1. The monoisotopic (exact) mass is 487 g/mol. The lowest BCUT2D eigenvalue weighted by molar-refractivity contribution is 0.0730. The fourth-order valence-electron chi connectivity index (χ4n) is 4.48. The van der Waals surface area contributed by atoms with E-state index in [9.17, 15) is 9.90 Å². The highest BCUT2D eigenvalue weighted by atomic mass is 79.9. The van der Waals surface area contributed by atoms with Gasteiger partial charge in [-0.1, -0.05) is 64.5 Å². The van der Waals surface area contributed by atoms with Crippen LogP contribution < -0.4 is 0 Å². The first-order valence-corrected chi connectivity index (χ1v) is 11.2. The van der Waals surface area contributed by atoms with E-state index in [2.05, 4.69) is 26.1 Å². The normalized spacial score (nSPS) is 15.3. The van der Waals surface area contributed by atoms with Gasteiger partial charge >= 0.3 is 0 Å². The highest BCUT2D eigenvalue weighted by Gasteiger charge is 2.42. The highest BCUT2D eigenvalue weighted by molar-refractivity contribution is 9.10. The van der Waals surface area contributed by atoms with Crippen LogP contribution in [0.5, 0.6) is 5.75 Å². The van der Waals surface area contributed by atoms with Gasteiger partial charge in [-0.25, -0.2) is 0 Å². The van der Waals surface area contributed by atoms with E-state index in [0.717, 1.165) is 32.3 Å². The molecule has 1 aromatic heterocycles. The summed E-state index contributed by atoms with van der Waals surface area (Å²) in [6.07, 6.45) is 0. The van der Waals surface area contributed by atoms with Crippen molar-refractivity contribution in [2.24, 2.45) is 0 Å². The third-order valence-corrected chi connectivity index (χ3v) is 6.47. The SMILES string of the molecule is Cc1cc(C)c(O)c(-c2n[nH]c3c2C(c2ccc(Br)cc2)N(Cc2ccccc2)C3=O)c1. The summed E-state index contributed by atoms with van der Waals surface area (Å²) in [6, 6.07) is 21.5. The van der Waals surface area contributed by atoms with Crippen LogP contribution in [0.1, 0.15) is 44.3 Å². The zero-order valence-electron chi connectivity index (χ0n) is 17.8. The molecule has 4 aromatic rings. The molecule has 0 fully saturated rings. The number of carbonyl (C=O) groups is 1. The molecule has 1 atom stereocenters. The van der Waals surface area contributed by atoms with Crippen LogP contribution in [0.3, 0.4) is 0 Å². The first kappa shape index (κ1) is 20.5. The number of benzene rings is 3. The second kappa shape index (κ2) is 7.95. The second-order valence-electron chi connectivity index (χ2n) is 8.21. The quantitative estimate of drug-likeness (QED) is 0.376. The van der Waals surface area contributed by atoms with E-state index in [1.165, 1.54) is 0 Å². The molecule has 5 rings (SSSR count). The molecule has 0 saturated heterocycles. The van der Waals surface area contributed by atoms with Gasteiger partial charge in [0.2, 0.25) is 0 Å². The number of nitrogens with zero attached hydrogens (tertiary/aromatic N) is 2. The Labute approximate surface area is 194 Å². The molecule has 3 aromatic carbocycles. The zero-order valence-corrected chi connectivity index (χ0v) is 19.3.